The minimum atomic E-state index is -0.414. The molecular formula is C20H27NO. The molecule has 0 bridgehead atoms. The zero-order valence-electron chi connectivity index (χ0n) is 13.7. The van der Waals surface area contributed by atoms with Crippen molar-refractivity contribution in [2.24, 2.45) is 0 Å². The Morgan fingerprint density at radius 2 is 1.36 bits per heavy atom. The second-order valence-electron chi connectivity index (χ2n) is 5.80. The Morgan fingerprint density at radius 3 is 1.91 bits per heavy atom. The predicted octanol–water partition coefficient (Wildman–Crippen LogP) is 4.51. The molecule has 0 spiro atoms. The Kier molecular flexibility index (Phi) is 6.63. The van der Waals surface area contributed by atoms with Gasteiger partial charge in [0.25, 0.3) is 0 Å². The maximum atomic E-state index is 10.5. The van der Waals surface area contributed by atoms with Crippen LogP contribution < -0.4 is 0 Å². The van der Waals surface area contributed by atoms with Crippen LogP contribution in [0.25, 0.3) is 11.1 Å². The SMILES string of the molecule is CCCN(CCC)CC(O)c1ccc(-c2ccccc2)cc1. The highest BCUT2D eigenvalue weighted by atomic mass is 16.3. The Balaban J connectivity index is 2.03. The number of nitrogens with zero attached hydrogens (tertiary/aromatic N) is 1. The van der Waals surface area contributed by atoms with Crippen molar-refractivity contribution in [1.29, 1.82) is 0 Å². The van der Waals surface area contributed by atoms with Crippen LogP contribution in [0.15, 0.2) is 54.6 Å². The van der Waals surface area contributed by atoms with Crippen LogP contribution in [-0.2, 0) is 0 Å². The maximum absolute atomic E-state index is 10.5. The first-order valence-corrected chi connectivity index (χ1v) is 8.30. The molecule has 2 heteroatoms. The molecule has 0 amide bonds. The molecule has 0 aromatic heterocycles. The van der Waals surface area contributed by atoms with Crippen molar-refractivity contribution >= 4 is 0 Å². The van der Waals surface area contributed by atoms with Crippen molar-refractivity contribution in [1.82, 2.24) is 4.90 Å². The Labute approximate surface area is 134 Å². The number of aliphatic hydroxyl groups excluding tert-OH is 1. The van der Waals surface area contributed by atoms with Gasteiger partial charge in [-0.15, -0.1) is 0 Å². The fourth-order valence-electron chi connectivity index (χ4n) is 2.81. The van der Waals surface area contributed by atoms with Gasteiger partial charge in [-0.2, -0.15) is 0 Å². The Hall–Kier alpha value is -1.64. The fourth-order valence-corrected chi connectivity index (χ4v) is 2.81. The second-order valence-corrected chi connectivity index (χ2v) is 5.80. The van der Waals surface area contributed by atoms with Crippen LogP contribution in [0, 0.1) is 0 Å². The summed E-state index contributed by atoms with van der Waals surface area (Å²) < 4.78 is 0. The van der Waals surface area contributed by atoms with Gasteiger partial charge in [-0.1, -0.05) is 68.4 Å². The second kappa shape index (κ2) is 8.72. The highest BCUT2D eigenvalue weighted by Gasteiger charge is 2.12. The van der Waals surface area contributed by atoms with E-state index in [0.29, 0.717) is 6.54 Å². The van der Waals surface area contributed by atoms with E-state index in [1.807, 2.05) is 30.3 Å². The van der Waals surface area contributed by atoms with E-state index >= 15 is 0 Å². The lowest BCUT2D eigenvalue weighted by atomic mass is 10.0. The third-order valence-corrected chi connectivity index (χ3v) is 3.91. The molecule has 1 N–H and O–H groups in total. The molecule has 0 heterocycles. The van der Waals surface area contributed by atoms with Crippen molar-refractivity contribution in [3.8, 4) is 11.1 Å². The standard InChI is InChI=1S/C20H27NO/c1-3-14-21(15-4-2)16-20(22)19-12-10-18(11-13-19)17-8-6-5-7-9-17/h5-13,20,22H,3-4,14-16H2,1-2H3. The molecule has 2 aromatic carbocycles. The van der Waals surface area contributed by atoms with Crippen LogP contribution in [0.2, 0.25) is 0 Å². The van der Waals surface area contributed by atoms with E-state index in [1.54, 1.807) is 0 Å². The molecule has 2 rings (SSSR count). The van der Waals surface area contributed by atoms with Gasteiger partial charge < -0.3 is 10.0 Å². The Morgan fingerprint density at radius 1 is 0.818 bits per heavy atom. The average molecular weight is 297 g/mol. The summed E-state index contributed by atoms with van der Waals surface area (Å²) in [6, 6.07) is 18.6. The third-order valence-electron chi connectivity index (χ3n) is 3.91. The molecule has 0 fully saturated rings. The normalized spacial score (nSPS) is 12.5. The summed E-state index contributed by atoms with van der Waals surface area (Å²) in [6.07, 6.45) is 1.84. The maximum Gasteiger partial charge on any atom is 0.0916 e. The van der Waals surface area contributed by atoms with Gasteiger partial charge in [0.15, 0.2) is 0 Å². The lowest BCUT2D eigenvalue weighted by Gasteiger charge is -2.24. The van der Waals surface area contributed by atoms with Gasteiger partial charge >= 0.3 is 0 Å². The van der Waals surface area contributed by atoms with Crippen LogP contribution in [0.4, 0.5) is 0 Å². The molecule has 0 aliphatic rings. The lowest BCUT2D eigenvalue weighted by molar-refractivity contribution is 0.113. The third kappa shape index (κ3) is 4.69. The van der Waals surface area contributed by atoms with Crippen molar-refractivity contribution in [3.05, 3.63) is 60.2 Å². The van der Waals surface area contributed by atoms with Gasteiger partial charge in [0.2, 0.25) is 0 Å². The molecule has 1 atom stereocenters. The van der Waals surface area contributed by atoms with E-state index in [2.05, 4.69) is 43.0 Å². The smallest absolute Gasteiger partial charge is 0.0916 e. The van der Waals surface area contributed by atoms with Gasteiger partial charge in [0.05, 0.1) is 6.10 Å². The van der Waals surface area contributed by atoms with Crippen molar-refractivity contribution in [2.45, 2.75) is 32.8 Å². The summed E-state index contributed by atoms with van der Waals surface area (Å²) in [4.78, 5) is 2.34. The summed E-state index contributed by atoms with van der Waals surface area (Å²) in [5.41, 5.74) is 3.40. The summed E-state index contributed by atoms with van der Waals surface area (Å²) in [5.74, 6) is 0. The highest BCUT2D eigenvalue weighted by Crippen LogP contribution is 2.22. The van der Waals surface area contributed by atoms with Crippen LogP contribution in [0.3, 0.4) is 0 Å². The van der Waals surface area contributed by atoms with Crippen molar-refractivity contribution in [3.63, 3.8) is 0 Å². The molecular weight excluding hydrogens is 270 g/mol. The molecule has 0 saturated carbocycles. The molecule has 2 aromatic rings. The average Bonchev–Trinajstić information content (AvgIpc) is 2.56. The first kappa shape index (κ1) is 16.7. The van der Waals surface area contributed by atoms with Gasteiger partial charge in [-0.25, -0.2) is 0 Å². The summed E-state index contributed by atoms with van der Waals surface area (Å²) in [7, 11) is 0. The van der Waals surface area contributed by atoms with Crippen molar-refractivity contribution in [2.75, 3.05) is 19.6 Å². The molecule has 1 unspecified atom stereocenters. The van der Waals surface area contributed by atoms with Gasteiger partial charge in [0, 0.05) is 6.54 Å². The van der Waals surface area contributed by atoms with Crippen molar-refractivity contribution < 1.29 is 5.11 Å². The minimum Gasteiger partial charge on any atom is -0.387 e. The number of aliphatic hydroxyl groups is 1. The largest absolute Gasteiger partial charge is 0.387 e. The predicted molar refractivity (Wildman–Crippen MR) is 93.9 cm³/mol. The molecule has 118 valence electrons. The number of hydrogen-bond acceptors (Lipinski definition) is 2. The zero-order chi connectivity index (χ0) is 15.8. The summed E-state index contributed by atoms with van der Waals surface area (Å²) in [6.45, 7) is 7.18. The molecule has 0 aliphatic heterocycles. The first-order valence-electron chi connectivity index (χ1n) is 8.30. The van der Waals surface area contributed by atoms with E-state index in [9.17, 15) is 5.11 Å². The number of hydrogen-bond donors (Lipinski definition) is 1. The molecule has 0 radical (unpaired) electrons. The minimum absolute atomic E-state index is 0.414. The highest BCUT2D eigenvalue weighted by molar-refractivity contribution is 5.63. The van der Waals surface area contributed by atoms with E-state index in [0.717, 1.165) is 31.5 Å². The molecule has 2 nitrogen and oxygen atoms in total. The number of benzene rings is 2. The van der Waals surface area contributed by atoms with Crippen LogP contribution in [0.5, 0.6) is 0 Å². The van der Waals surface area contributed by atoms with E-state index in [-0.39, 0.29) is 0 Å². The van der Waals surface area contributed by atoms with Crippen LogP contribution >= 0.6 is 0 Å². The van der Waals surface area contributed by atoms with E-state index in [1.165, 1.54) is 11.1 Å². The molecule has 0 aliphatic carbocycles. The Bertz CT molecular complexity index is 529. The number of rotatable bonds is 8. The van der Waals surface area contributed by atoms with Crippen LogP contribution in [-0.4, -0.2) is 29.6 Å². The fraction of sp³-hybridized carbons (Fsp3) is 0.400. The first-order chi connectivity index (χ1) is 10.7. The van der Waals surface area contributed by atoms with E-state index in [4.69, 9.17) is 0 Å². The molecule has 22 heavy (non-hydrogen) atoms. The summed E-state index contributed by atoms with van der Waals surface area (Å²) >= 11 is 0. The topological polar surface area (TPSA) is 23.5 Å². The monoisotopic (exact) mass is 297 g/mol. The van der Waals surface area contributed by atoms with E-state index < -0.39 is 6.10 Å². The van der Waals surface area contributed by atoms with Gasteiger partial charge in [-0.05, 0) is 42.6 Å². The quantitative estimate of drug-likeness (QED) is 0.775. The zero-order valence-corrected chi connectivity index (χ0v) is 13.7. The molecule has 0 saturated heterocycles. The lowest BCUT2D eigenvalue weighted by Crippen LogP contribution is -2.30. The summed E-state index contributed by atoms with van der Waals surface area (Å²) in [5, 5.41) is 10.5. The van der Waals surface area contributed by atoms with Gasteiger partial charge in [0.1, 0.15) is 0 Å². The van der Waals surface area contributed by atoms with Gasteiger partial charge in [-0.3, -0.25) is 0 Å². The van der Waals surface area contributed by atoms with Crippen LogP contribution in [0.1, 0.15) is 38.4 Å².